The molecule has 0 radical (unpaired) electrons. The molecule has 1 aromatic rings. The minimum atomic E-state index is -0.289. The highest BCUT2D eigenvalue weighted by molar-refractivity contribution is 5.95. The summed E-state index contributed by atoms with van der Waals surface area (Å²) in [5, 5.41) is 0. The summed E-state index contributed by atoms with van der Waals surface area (Å²) in [7, 11) is 0. The summed E-state index contributed by atoms with van der Waals surface area (Å²) in [6.45, 7) is 13.0. The lowest BCUT2D eigenvalue weighted by molar-refractivity contribution is 0.0752. The smallest absolute Gasteiger partial charge is 0.409 e. The minimum absolute atomic E-state index is 0.0451. The maximum atomic E-state index is 12.9. The van der Waals surface area contributed by atoms with Gasteiger partial charge in [0.25, 0.3) is 5.91 Å². The first-order valence-electron chi connectivity index (χ1n) is 9.06. The first-order chi connectivity index (χ1) is 11.7. The Balaban J connectivity index is 2.09. The summed E-state index contributed by atoms with van der Waals surface area (Å²) >= 11 is 0. The molecule has 1 aliphatic heterocycles. The van der Waals surface area contributed by atoms with Gasteiger partial charge in [0, 0.05) is 31.7 Å². The quantitative estimate of drug-likeness (QED) is 0.822. The van der Waals surface area contributed by atoms with Crippen molar-refractivity contribution in [2.75, 3.05) is 32.8 Å². The molecule has 25 heavy (non-hydrogen) atoms. The Bertz CT molecular complexity index is 634. The molecule has 1 saturated heterocycles. The summed E-state index contributed by atoms with van der Waals surface area (Å²) in [5.74, 6) is 0.0451. The molecular formula is C20H30N2O3. The Kier molecular flexibility index (Phi) is 6.09. The van der Waals surface area contributed by atoms with Crippen LogP contribution in [0.15, 0.2) is 18.2 Å². The topological polar surface area (TPSA) is 49.9 Å². The highest BCUT2D eigenvalue weighted by Crippen LogP contribution is 2.25. The number of carbonyl (C=O) groups excluding carboxylic acids is 2. The van der Waals surface area contributed by atoms with Crippen LogP contribution in [0.2, 0.25) is 0 Å². The standard InChI is InChI=1S/C20H30N2O3/c1-6-25-19(24)22-11-7-10-21(12-13-22)18(23)17-9-8-16(14-15(17)2)20(3,4)5/h8-9,14H,6-7,10-13H2,1-5H3. The average molecular weight is 346 g/mol. The maximum Gasteiger partial charge on any atom is 0.409 e. The van der Waals surface area contributed by atoms with Crippen molar-refractivity contribution in [2.45, 2.75) is 46.5 Å². The van der Waals surface area contributed by atoms with Crippen molar-refractivity contribution >= 4 is 12.0 Å². The van der Waals surface area contributed by atoms with E-state index in [-0.39, 0.29) is 17.4 Å². The monoisotopic (exact) mass is 346 g/mol. The van der Waals surface area contributed by atoms with Crippen molar-refractivity contribution in [3.8, 4) is 0 Å². The summed E-state index contributed by atoms with van der Waals surface area (Å²) < 4.78 is 5.06. The number of aryl methyl sites for hydroxylation is 1. The Hall–Kier alpha value is -2.04. The molecule has 1 fully saturated rings. The second-order valence-electron chi connectivity index (χ2n) is 7.61. The zero-order valence-electron chi connectivity index (χ0n) is 16.1. The summed E-state index contributed by atoms with van der Waals surface area (Å²) in [6, 6.07) is 6.09. The van der Waals surface area contributed by atoms with Crippen LogP contribution in [-0.4, -0.2) is 54.6 Å². The molecule has 1 heterocycles. The predicted molar refractivity (Wildman–Crippen MR) is 99.0 cm³/mol. The summed E-state index contributed by atoms with van der Waals surface area (Å²) in [4.78, 5) is 28.3. The predicted octanol–water partition coefficient (Wildman–Crippen LogP) is 3.60. The lowest BCUT2D eigenvalue weighted by atomic mass is 9.85. The zero-order valence-corrected chi connectivity index (χ0v) is 16.1. The summed E-state index contributed by atoms with van der Waals surface area (Å²) in [6.07, 6.45) is 0.478. The van der Waals surface area contributed by atoms with Gasteiger partial charge in [-0.3, -0.25) is 4.79 Å². The van der Waals surface area contributed by atoms with Gasteiger partial charge in [-0.2, -0.15) is 0 Å². The molecule has 2 amide bonds. The molecule has 0 bridgehead atoms. The highest BCUT2D eigenvalue weighted by Gasteiger charge is 2.25. The molecule has 0 aliphatic carbocycles. The Morgan fingerprint density at radius 2 is 1.72 bits per heavy atom. The van der Waals surface area contributed by atoms with Gasteiger partial charge in [0.05, 0.1) is 6.61 Å². The van der Waals surface area contributed by atoms with Gasteiger partial charge in [-0.05, 0) is 42.9 Å². The number of rotatable bonds is 2. The third kappa shape index (κ3) is 4.74. The second-order valence-corrected chi connectivity index (χ2v) is 7.61. The van der Waals surface area contributed by atoms with Gasteiger partial charge in [0.15, 0.2) is 0 Å². The Labute approximate surface area is 150 Å². The van der Waals surface area contributed by atoms with Crippen LogP contribution in [0.5, 0.6) is 0 Å². The lowest BCUT2D eigenvalue weighted by Gasteiger charge is -2.24. The molecule has 0 atom stereocenters. The van der Waals surface area contributed by atoms with Gasteiger partial charge >= 0.3 is 6.09 Å². The van der Waals surface area contributed by atoms with Crippen molar-refractivity contribution < 1.29 is 14.3 Å². The normalized spacial score (nSPS) is 15.7. The number of benzene rings is 1. The van der Waals surface area contributed by atoms with E-state index >= 15 is 0 Å². The number of nitrogens with zero attached hydrogens (tertiary/aromatic N) is 2. The third-order valence-electron chi connectivity index (χ3n) is 4.63. The van der Waals surface area contributed by atoms with Crippen molar-refractivity contribution in [1.29, 1.82) is 0 Å². The molecule has 1 aromatic carbocycles. The van der Waals surface area contributed by atoms with Gasteiger partial charge in [-0.1, -0.05) is 32.9 Å². The first kappa shape index (κ1) is 19.3. The van der Waals surface area contributed by atoms with E-state index in [0.717, 1.165) is 17.5 Å². The van der Waals surface area contributed by atoms with Crippen molar-refractivity contribution in [3.05, 3.63) is 34.9 Å². The number of hydrogen-bond donors (Lipinski definition) is 0. The van der Waals surface area contributed by atoms with E-state index in [1.807, 2.05) is 24.0 Å². The third-order valence-corrected chi connectivity index (χ3v) is 4.63. The van der Waals surface area contributed by atoms with Crippen molar-refractivity contribution in [1.82, 2.24) is 9.80 Å². The van der Waals surface area contributed by atoms with Gasteiger partial charge < -0.3 is 14.5 Å². The molecule has 0 unspecified atom stereocenters. The number of amides is 2. The first-order valence-corrected chi connectivity index (χ1v) is 9.06. The van der Waals surface area contributed by atoms with Crippen molar-refractivity contribution in [2.24, 2.45) is 0 Å². The lowest BCUT2D eigenvalue weighted by Crippen LogP contribution is -2.37. The fraction of sp³-hybridized carbons (Fsp3) is 0.600. The summed E-state index contributed by atoms with van der Waals surface area (Å²) in [5.41, 5.74) is 3.04. The largest absolute Gasteiger partial charge is 0.450 e. The van der Waals surface area contributed by atoms with Crippen LogP contribution in [-0.2, 0) is 10.2 Å². The van der Waals surface area contributed by atoms with Gasteiger partial charge in [0.1, 0.15) is 0 Å². The van der Waals surface area contributed by atoms with Crippen LogP contribution in [0.1, 0.15) is 55.6 Å². The highest BCUT2D eigenvalue weighted by atomic mass is 16.6. The van der Waals surface area contributed by atoms with E-state index < -0.39 is 0 Å². The van der Waals surface area contributed by atoms with Crippen LogP contribution in [0, 0.1) is 6.92 Å². The van der Waals surface area contributed by atoms with Gasteiger partial charge in [-0.25, -0.2) is 4.79 Å². The van der Waals surface area contributed by atoms with Crippen LogP contribution < -0.4 is 0 Å². The second kappa shape index (κ2) is 7.89. The van der Waals surface area contributed by atoms with Crippen LogP contribution in [0.25, 0.3) is 0 Å². The van der Waals surface area contributed by atoms with Gasteiger partial charge in [-0.15, -0.1) is 0 Å². The molecule has 0 aromatic heterocycles. The van der Waals surface area contributed by atoms with Crippen LogP contribution >= 0.6 is 0 Å². The Morgan fingerprint density at radius 1 is 1.08 bits per heavy atom. The molecule has 1 aliphatic rings. The van der Waals surface area contributed by atoms with Gasteiger partial charge in [0.2, 0.25) is 0 Å². The zero-order chi connectivity index (χ0) is 18.6. The molecule has 5 nitrogen and oxygen atoms in total. The number of ether oxygens (including phenoxy) is 1. The molecule has 0 saturated carbocycles. The number of hydrogen-bond acceptors (Lipinski definition) is 3. The maximum absolute atomic E-state index is 12.9. The molecule has 0 spiro atoms. The fourth-order valence-electron chi connectivity index (χ4n) is 3.06. The number of carbonyl (C=O) groups is 2. The molecule has 0 N–H and O–H groups in total. The van der Waals surface area contributed by atoms with E-state index in [1.54, 1.807) is 11.8 Å². The van der Waals surface area contributed by atoms with E-state index in [9.17, 15) is 9.59 Å². The fourth-order valence-corrected chi connectivity index (χ4v) is 3.06. The van der Waals surface area contributed by atoms with E-state index in [0.29, 0.717) is 32.8 Å². The Morgan fingerprint density at radius 3 is 2.32 bits per heavy atom. The van der Waals surface area contributed by atoms with Crippen molar-refractivity contribution in [3.63, 3.8) is 0 Å². The minimum Gasteiger partial charge on any atom is -0.450 e. The molecular weight excluding hydrogens is 316 g/mol. The molecule has 2 rings (SSSR count). The van der Waals surface area contributed by atoms with Crippen LogP contribution in [0.3, 0.4) is 0 Å². The average Bonchev–Trinajstić information content (AvgIpc) is 2.79. The van der Waals surface area contributed by atoms with E-state index in [4.69, 9.17) is 4.74 Å². The molecule has 5 heteroatoms. The van der Waals surface area contributed by atoms with E-state index in [2.05, 4.69) is 26.8 Å². The SMILES string of the molecule is CCOC(=O)N1CCCN(C(=O)c2ccc(C(C)(C)C)cc2C)CC1. The van der Waals surface area contributed by atoms with Crippen LogP contribution in [0.4, 0.5) is 4.79 Å². The molecule has 138 valence electrons. The van der Waals surface area contributed by atoms with E-state index in [1.165, 1.54) is 5.56 Å².